The Bertz CT molecular complexity index is 809. The Morgan fingerprint density at radius 2 is 1.88 bits per heavy atom. The van der Waals surface area contributed by atoms with E-state index in [0.717, 1.165) is 0 Å². The van der Waals surface area contributed by atoms with Crippen LogP contribution in [0.5, 0.6) is 0 Å². The second-order valence-electron chi connectivity index (χ2n) is 5.48. The SMILES string of the molecule is O=S(=O)(c1cccc(Cl)c1Cl)N1CCC(Nc2cccnn2)CC1. The zero-order valence-corrected chi connectivity index (χ0v) is 15.0. The Balaban J connectivity index is 1.69. The highest BCUT2D eigenvalue weighted by molar-refractivity contribution is 7.89. The van der Waals surface area contributed by atoms with Crippen LogP contribution in [0, 0.1) is 0 Å². The first-order valence-corrected chi connectivity index (χ1v) is 9.66. The lowest BCUT2D eigenvalue weighted by Crippen LogP contribution is -2.42. The van der Waals surface area contributed by atoms with Crippen LogP contribution < -0.4 is 5.32 Å². The van der Waals surface area contributed by atoms with Gasteiger partial charge in [0.25, 0.3) is 0 Å². The molecule has 0 bridgehead atoms. The molecule has 0 atom stereocenters. The first kappa shape index (κ1) is 17.4. The molecule has 3 rings (SSSR count). The number of benzene rings is 1. The molecule has 1 fully saturated rings. The van der Waals surface area contributed by atoms with Crippen molar-refractivity contribution in [1.82, 2.24) is 14.5 Å². The monoisotopic (exact) mass is 386 g/mol. The van der Waals surface area contributed by atoms with E-state index in [2.05, 4.69) is 15.5 Å². The van der Waals surface area contributed by atoms with Gasteiger partial charge in [-0.2, -0.15) is 9.40 Å². The number of anilines is 1. The fourth-order valence-electron chi connectivity index (χ4n) is 2.65. The number of halogens is 2. The molecule has 1 aromatic carbocycles. The number of rotatable bonds is 4. The average molecular weight is 387 g/mol. The van der Waals surface area contributed by atoms with E-state index in [1.165, 1.54) is 10.4 Å². The Kier molecular flexibility index (Phi) is 5.24. The van der Waals surface area contributed by atoms with Crippen LogP contribution in [-0.4, -0.2) is 42.1 Å². The van der Waals surface area contributed by atoms with Crippen molar-refractivity contribution in [2.24, 2.45) is 0 Å². The molecule has 0 saturated carbocycles. The molecule has 24 heavy (non-hydrogen) atoms. The molecule has 2 heterocycles. The zero-order chi connectivity index (χ0) is 17.2. The maximum Gasteiger partial charge on any atom is 0.244 e. The molecule has 2 aromatic rings. The van der Waals surface area contributed by atoms with Crippen LogP contribution in [0.15, 0.2) is 41.4 Å². The predicted octanol–water partition coefficient (Wildman–Crippen LogP) is 3.05. The fourth-order valence-corrected chi connectivity index (χ4v) is 4.86. The van der Waals surface area contributed by atoms with Gasteiger partial charge in [0.15, 0.2) is 0 Å². The third-order valence-corrected chi connectivity index (χ3v) is 6.78. The summed E-state index contributed by atoms with van der Waals surface area (Å²) in [5, 5.41) is 11.4. The van der Waals surface area contributed by atoms with Gasteiger partial charge in [0.2, 0.25) is 10.0 Å². The van der Waals surface area contributed by atoms with Gasteiger partial charge in [-0.3, -0.25) is 0 Å². The van der Waals surface area contributed by atoms with Crippen molar-refractivity contribution >= 4 is 39.0 Å². The molecule has 0 unspecified atom stereocenters. The van der Waals surface area contributed by atoms with Crippen LogP contribution in [-0.2, 0) is 10.0 Å². The van der Waals surface area contributed by atoms with Crippen LogP contribution in [0.25, 0.3) is 0 Å². The van der Waals surface area contributed by atoms with Gasteiger partial charge in [0.05, 0.1) is 10.0 Å². The Hall–Kier alpha value is -1.41. The number of hydrogen-bond acceptors (Lipinski definition) is 5. The predicted molar refractivity (Wildman–Crippen MR) is 93.9 cm³/mol. The molecule has 1 aliphatic heterocycles. The molecular formula is C15H16Cl2N4O2S. The van der Waals surface area contributed by atoms with E-state index in [0.29, 0.717) is 31.7 Å². The van der Waals surface area contributed by atoms with E-state index >= 15 is 0 Å². The van der Waals surface area contributed by atoms with Gasteiger partial charge in [-0.25, -0.2) is 8.42 Å². The third-order valence-electron chi connectivity index (χ3n) is 3.91. The average Bonchev–Trinajstić information content (AvgIpc) is 2.58. The standard InChI is InChI=1S/C15H16Cl2N4O2S/c16-12-3-1-4-13(15(12)17)24(22,23)21-9-6-11(7-10-21)19-14-5-2-8-18-20-14/h1-5,8,11H,6-7,9-10H2,(H,19,20). The summed E-state index contributed by atoms with van der Waals surface area (Å²) in [6, 6.07) is 8.43. The normalized spacial score (nSPS) is 16.9. The number of aromatic nitrogens is 2. The molecule has 9 heteroatoms. The maximum atomic E-state index is 12.8. The zero-order valence-electron chi connectivity index (χ0n) is 12.7. The lowest BCUT2D eigenvalue weighted by atomic mass is 10.1. The quantitative estimate of drug-likeness (QED) is 0.873. The molecule has 128 valence electrons. The van der Waals surface area contributed by atoms with Gasteiger partial charge in [0, 0.05) is 25.3 Å². The molecule has 1 aromatic heterocycles. The smallest absolute Gasteiger partial charge is 0.244 e. The van der Waals surface area contributed by atoms with Crippen molar-refractivity contribution in [1.29, 1.82) is 0 Å². The molecule has 1 N–H and O–H groups in total. The van der Waals surface area contributed by atoms with Crippen LogP contribution in [0.4, 0.5) is 5.82 Å². The second kappa shape index (κ2) is 7.23. The molecular weight excluding hydrogens is 371 g/mol. The van der Waals surface area contributed by atoms with Gasteiger partial charge in [-0.15, -0.1) is 5.10 Å². The summed E-state index contributed by atoms with van der Waals surface area (Å²) in [6.07, 6.45) is 2.96. The summed E-state index contributed by atoms with van der Waals surface area (Å²) in [4.78, 5) is 0.0528. The highest BCUT2D eigenvalue weighted by atomic mass is 35.5. The Morgan fingerprint density at radius 1 is 1.12 bits per heavy atom. The number of sulfonamides is 1. The van der Waals surface area contributed by atoms with Crippen molar-refractivity contribution in [2.45, 2.75) is 23.8 Å². The molecule has 1 saturated heterocycles. The molecule has 6 nitrogen and oxygen atoms in total. The Labute approximate surface area is 150 Å². The van der Waals surface area contributed by atoms with Crippen molar-refractivity contribution in [3.8, 4) is 0 Å². The first-order valence-electron chi connectivity index (χ1n) is 7.47. The van der Waals surface area contributed by atoms with E-state index < -0.39 is 10.0 Å². The van der Waals surface area contributed by atoms with Gasteiger partial charge in [-0.05, 0) is 37.1 Å². The fraction of sp³-hybridized carbons (Fsp3) is 0.333. The molecule has 1 aliphatic rings. The number of piperidine rings is 1. The lowest BCUT2D eigenvalue weighted by molar-refractivity contribution is 0.329. The van der Waals surface area contributed by atoms with Crippen molar-refractivity contribution in [2.75, 3.05) is 18.4 Å². The van der Waals surface area contributed by atoms with Crippen LogP contribution >= 0.6 is 23.2 Å². The van der Waals surface area contributed by atoms with Gasteiger partial charge in [0.1, 0.15) is 10.7 Å². The van der Waals surface area contributed by atoms with E-state index in [9.17, 15) is 8.42 Å². The first-order chi connectivity index (χ1) is 11.5. The Morgan fingerprint density at radius 3 is 2.54 bits per heavy atom. The summed E-state index contributed by atoms with van der Waals surface area (Å²) in [7, 11) is -3.65. The lowest BCUT2D eigenvalue weighted by Gasteiger charge is -2.32. The summed E-state index contributed by atoms with van der Waals surface area (Å²) in [6.45, 7) is 0.812. The summed E-state index contributed by atoms with van der Waals surface area (Å²) in [5.74, 6) is 0.691. The van der Waals surface area contributed by atoms with Gasteiger partial charge < -0.3 is 5.32 Å². The minimum absolute atomic E-state index is 0.0528. The van der Waals surface area contributed by atoms with Crippen LogP contribution in [0.3, 0.4) is 0 Å². The van der Waals surface area contributed by atoms with Crippen molar-refractivity contribution in [3.05, 3.63) is 46.6 Å². The molecule has 0 amide bonds. The number of nitrogens with zero attached hydrogens (tertiary/aromatic N) is 3. The van der Waals surface area contributed by atoms with E-state index in [1.807, 2.05) is 6.07 Å². The van der Waals surface area contributed by atoms with E-state index in [4.69, 9.17) is 23.2 Å². The molecule has 0 aliphatic carbocycles. The third kappa shape index (κ3) is 3.64. The maximum absolute atomic E-state index is 12.8. The number of hydrogen-bond donors (Lipinski definition) is 1. The summed E-state index contributed by atoms with van der Waals surface area (Å²) in [5.41, 5.74) is 0. The molecule has 0 radical (unpaired) electrons. The van der Waals surface area contributed by atoms with E-state index in [1.54, 1.807) is 24.4 Å². The highest BCUT2D eigenvalue weighted by Gasteiger charge is 2.31. The van der Waals surface area contributed by atoms with Gasteiger partial charge in [-0.1, -0.05) is 29.3 Å². The number of nitrogens with one attached hydrogen (secondary N) is 1. The van der Waals surface area contributed by atoms with E-state index in [-0.39, 0.29) is 21.0 Å². The van der Waals surface area contributed by atoms with Gasteiger partial charge >= 0.3 is 0 Å². The highest BCUT2D eigenvalue weighted by Crippen LogP contribution is 2.32. The minimum atomic E-state index is -3.65. The topological polar surface area (TPSA) is 75.2 Å². The summed E-state index contributed by atoms with van der Waals surface area (Å²) >= 11 is 12.0. The van der Waals surface area contributed by atoms with Crippen molar-refractivity contribution in [3.63, 3.8) is 0 Å². The van der Waals surface area contributed by atoms with Crippen LogP contribution in [0.1, 0.15) is 12.8 Å². The summed E-state index contributed by atoms with van der Waals surface area (Å²) < 4.78 is 27.0. The van der Waals surface area contributed by atoms with Crippen LogP contribution in [0.2, 0.25) is 10.0 Å². The minimum Gasteiger partial charge on any atom is -0.366 e. The largest absolute Gasteiger partial charge is 0.366 e. The second-order valence-corrected chi connectivity index (χ2v) is 8.18. The van der Waals surface area contributed by atoms with Crippen molar-refractivity contribution < 1.29 is 8.42 Å². The molecule has 0 spiro atoms.